The van der Waals surface area contributed by atoms with Crippen molar-refractivity contribution in [3.63, 3.8) is 0 Å². The van der Waals surface area contributed by atoms with Crippen molar-refractivity contribution in [3.05, 3.63) is 46.8 Å². The van der Waals surface area contributed by atoms with Crippen LogP contribution in [0.4, 0.5) is 0 Å². The minimum atomic E-state index is -0.192. The van der Waals surface area contributed by atoms with Gasteiger partial charge in [-0.3, -0.25) is 9.48 Å². The molecule has 1 saturated heterocycles. The highest BCUT2D eigenvalue weighted by atomic mass is 16.5. The van der Waals surface area contributed by atoms with Gasteiger partial charge in [-0.05, 0) is 51.6 Å². The molecule has 29 heavy (non-hydrogen) atoms. The molecular weight excluding hydrogens is 364 g/mol. The van der Waals surface area contributed by atoms with Gasteiger partial charge in [0.15, 0.2) is 5.69 Å². The van der Waals surface area contributed by atoms with Crippen molar-refractivity contribution in [1.82, 2.24) is 20.0 Å². The van der Waals surface area contributed by atoms with Crippen LogP contribution in [0.25, 0.3) is 0 Å². The Hall–Kier alpha value is -2.34. The first-order chi connectivity index (χ1) is 14.0. The third-order valence-electron chi connectivity index (χ3n) is 6.98. The standard InChI is InChI=1S/C23H30N4O2/c1-26-13-11-23(12-14-26)15-18(16-7-4-6-10-20(16)29-23)24-22(28)21-17-8-3-5-9-19(17)27(2)25-21/h4,6-7,10,18H,3,5,8-9,11-15H2,1-2H3,(H,24,28). The molecule has 154 valence electrons. The summed E-state index contributed by atoms with van der Waals surface area (Å²) in [5, 5.41) is 7.92. The highest BCUT2D eigenvalue weighted by Crippen LogP contribution is 2.44. The van der Waals surface area contributed by atoms with Gasteiger partial charge in [-0.2, -0.15) is 5.10 Å². The topological polar surface area (TPSA) is 59.4 Å². The molecule has 1 unspecified atom stereocenters. The predicted molar refractivity (Wildman–Crippen MR) is 111 cm³/mol. The van der Waals surface area contributed by atoms with Gasteiger partial charge < -0.3 is 15.0 Å². The Kier molecular flexibility index (Phi) is 4.62. The van der Waals surface area contributed by atoms with Crippen LogP contribution >= 0.6 is 0 Å². The lowest BCUT2D eigenvalue weighted by molar-refractivity contribution is -0.0196. The van der Waals surface area contributed by atoms with Crippen molar-refractivity contribution in [2.45, 2.75) is 56.6 Å². The first kappa shape index (κ1) is 18.7. The van der Waals surface area contributed by atoms with Crippen LogP contribution in [0.2, 0.25) is 0 Å². The molecule has 1 aliphatic carbocycles. The molecular formula is C23H30N4O2. The lowest BCUT2D eigenvalue weighted by atomic mass is 9.80. The second-order valence-corrected chi connectivity index (χ2v) is 8.96. The van der Waals surface area contributed by atoms with Crippen molar-refractivity contribution < 1.29 is 9.53 Å². The number of rotatable bonds is 2. The number of amides is 1. The van der Waals surface area contributed by atoms with E-state index in [9.17, 15) is 4.79 Å². The lowest BCUT2D eigenvalue weighted by Gasteiger charge is -2.46. The van der Waals surface area contributed by atoms with E-state index in [1.54, 1.807) is 0 Å². The molecule has 1 amide bonds. The van der Waals surface area contributed by atoms with Gasteiger partial charge in [-0.15, -0.1) is 0 Å². The second-order valence-electron chi connectivity index (χ2n) is 8.96. The molecule has 0 bridgehead atoms. The summed E-state index contributed by atoms with van der Waals surface area (Å²) in [7, 11) is 4.12. The number of hydrogen-bond acceptors (Lipinski definition) is 4. The van der Waals surface area contributed by atoms with Crippen molar-refractivity contribution in [2.24, 2.45) is 7.05 Å². The zero-order valence-electron chi connectivity index (χ0n) is 17.4. The zero-order valence-corrected chi connectivity index (χ0v) is 17.4. The van der Waals surface area contributed by atoms with Crippen LogP contribution in [0.3, 0.4) is 0 Å². The number of nitrogens with one attached hydrogen (secondary N) is 1. The molecule has 6 heteroatoms. The minimum absolute atomic E-state index is 0.0443. The number of aromatic nitrogens is 2. The maximum Gasteiger partial charge on any atom is 0.272 e. The van der Waals surface area contributed by atoms with Crippen LogP contribution in [0.1, 0.15) is 65.5 Å². The van der Waals surface area contributed by atoms with Gasteiger partial charge >= 0.3 is 0 Å². The molecule has 2 aliphatic heterocycles. The average Bonchev–Trinajstić information content (AvgIpc) is 3.08. The van der Waals surface area contributed by atoms with E-state index in [-0.39, 0.29) is 17.6 Å². The third-order valence-corrected chi connectivity index (χ3v) is 6.98. The average molecular weight is 395 g/mol. The van der Waals surface area contributed by atoms with E-state index in [1.807, 2.05) is 29.9 Å². The molecule has 1 spiro atoms. The zero-order chi connectivity index (χ0) is 20.0. The minimum Gasteiger partial charge on any atom is -0.487 e. The number of para-hydroxylation sites is 1. The van der Waals surface area contributed by atoms with Crippen LogP contribution in [-0.2, 0) is 19.9 Å². The Morgan fingerprint density at radius 3 is 2.76 bits per heavy atom. The normalized spacial score (nSPS) is 23.2. The highest BCUT2D eigenvalue weighted by Gasteiger charge is 2.43. The number of carbonyl (C=O) groups is 1. The van der Waals surface area contributed by atoms with Crippen molar-refractivity contribution >= 4 is 5.91 Å². The molecule has 1 fully saturated rings. The summed E-state index contributed by atoms with van der Waals surface area (Å²) >= 11 is 0. The number of piperidine rings is 1. The van der Waals surface area contributed by atoms with Crippen LogP contribution in [-0.4, -0.2) is 46.3 Å². The Bertz CT molecular complexity index is 927. The van der Waals surface area contributed by atoms with Gasteiger partial charge in [0.2, 0.25) is 0 Å². The number of fused-ring (bicyclic) bond motifs is 2. The highest BCUT2D eigenvalue weighted by molar-refractivity contribution is 5.94. The maximum atomic E-state index is 13.3. The van der Waals surface area contributed by atoms with Gasteiger partial charge in [0.05, 0.1) is 6.04 Å². The molecule has 1 N–H and O–H groups in total. The van der Waals surface area contributed by atoms with E-state index in [0.29, 0.717) is 5.69 Å². The second kappa shape index (κ2) is 7.17. The molecule has 0 radical (unpaired) electrons. The summed E-state index contributed by atoms with van der Waals surface area (Å²) in [4.78, 5) is 15.6. The number of hydrogen-bond donors (Lipinski definition) is 1. The molecule has 2 aromatic rings. The summed E-state index contributed by atoms with van der Waals surface area (Å²) in [5.74, 6) is 0.866. The Balaban J connectivity index is 1.43. The predicted octanol–water partition coefficient (Wildman–Crippen LogP) is 3.02. The number of benzene rings is 1. The Labute approximate surface area is 172 Å². The Morgan fingerprint density at radius 2 is 1.93 bits per heavy atom. The summed E-state index contributed by atoms with van der Waals surface area (Å²) < 4.78 is 8.43. The number of likely N-dealkylation sites (tertiary alicyclic amines) is 1. The summed E-state index contributed by atoms with van der Waals surface area (Å²) in [6, 6.07) is 8.11. The first-order valence-electron chi connectivity index (χ1n) is 10.9. The smallest absolute Gasteiger partial charge is 0.272 e. The largest absolute Gasteiger partial charge is 0.487 e. The summed E-state index contributed by atoms with van der Waals surface area (Å²) in [5.41, 5.74) is 3.87. The first-order valence-corrected chi connectivity index (χ1v) is 10.9. The molecule has 1 aromatic heterocycles. The van der Waals surface area contributed by atoms with Crippen molar-refractivity contribution in [1.29, 1.82) is 0 Å². The van der Waals surface area contributed by atoms with E-state index in [2.05, 4.69) is 28.4 Å². The number of nitrogens with zero attached hydrogens (tertiary/aromatic N) is 3. The maximum absolute atomic E-state index is 13.3. The number of aryl methyl sites for hydroxylation is 1. The van der Waals surface area contributed by atoms with Crippen molar-refractivity contribution in [3.8, 4) is 5.75 Å². The quantitative estimate of drug-likeness (QED) is 0.851. The van der Waals surface area contributed by atoms with Crippen LogP contribution in [0.5, 0.6) is 5.75 Å². The molecule has 3 aliphatic rings. The molecule has 0 saturated carbocycles. The molecule has 5 rings (SSSR count). The lowest BCUT2D eigenvalue weighted by Crippen LogP contribution is -2.51. The van der Waals surface area contributed by atoms with E-state index in [4.69, 9.17) is 4.74 Å². The number of carbonyl (C=O) groups excluding carboxylic acids is 1. The number of ether oxygens (including phenoxy) is 1. The fourth-order valence-corrected chi connectivity index (χ4v) is 5.26. The van der Waals surface area contributed by atoms with Crippen LogP contribution < -0.4 is 10.1 Å². The van der Waals surface area contributed by atoms with Crippen LogP contribution in [0, 0.1) is 0 Å². The van der Waals surface area contributed by atoms with Gasteiger partial charge in [0.25, 0.3) is 5.91 Å². The Morgan fingerprint density at radius 1 is 1.17 bits per heavy atom. The van der Waals surface area contributed by atoms with Crippen LogP contribution in [0.15, 0.2) is 24.3 Å². The fraction of sp³-hybridized carbons (Fsp3) is 0.565. The van der Waals surface area contributed by atoms with E-state index >= 15 is 0 Å². The molecule has 6 nitrogen and oxygen atoms in total. The van der Waals surface area contributed by atoms with E-state index < -0.39 is 0 Å². The van der Waals surface area contributed by atoms with Gasteiger partial charge in [-0.25, -0.2) is 0 Å². The van der Waals surface area contributed by atoms with E-state index in [0.717, 1.165) is 68.5 Å². The fourth-order valence-electron chi connectivity index (χ4n) is 5.26. The van der Waals surface area contributed by atoms with Gasteiger partial charge in [0, 0.05) is 43.4 Å². The molecule has 1 atom stereocenters. The van der Waals surface area contributed by atoms with Gasteiger partial charge in [0.1, 0.15) is 11.4 Å². The van der Waals surface area contributed by atoms with E-state index in [1.165, 1.54) is 12.1 Å². The molecule has 1 aromatic carbocycles. The third kappa shape index (κ3) is 3.33. The molecule has 3 heterocycles. The summed E-state index contributed by atoms with van der Waals surface area (Å²) in [6.07, 6.45) is 7.08. The SMILES string of the molecule is CN1CCC2(CC1)CC(NC(=O)c1nn(C)c3c1CCCC3)c1ccccc1O2. The van der Waals surface area contributed by atoms with Gasteiger partial charge in [-0.1, -0.05) is 18.2 Å². The monoisotopic (exact) mass is 394 g/mol. The van der Waals surface area contributed by atoms with Crippen molar-refractivity contribution in [2.75, 3.05) is 20.1 Å². The summed E-state index contributed by atoms with van der Waals surface area (Å²) in [6.45, 7) is 2.05.